The zero-order valence-electron chi connectivity index (χ0n) is 10.2. The lowest BCUT2D eigenvalue weighted by Crippen LogP contribution is -2.34. The van der Waals surface area contributed by atoms with Crippen LogP contribution in [0.4, 0.5) is 0 Å². The van der Waals surface area contributed by atoms with Gasteiger partial charge in [-0.05, 0) is 12.0 Å². The topological polar surface area (TPSA) is 21.3 Å². The Morgan fingerprint density at radius 3 is 2.56 bits per heavy atom. The Morgan fingerprint density at radius 2 is 2.00 bits per heavy atom. The van der Waals surface area contributed by atoms with Crippen LogP contribution in [0.5, 0.6) is 5.75 Å². The van der Waals surface area contributed by atoms with Gasteiger partial charge in [0.15, 0.2) is 0 Å². The smallest absolute Gasteiger partial charge is 0.123 e. The maximum absolute atomic E-state index is 5.91. The van der Waals surface area contributed by atoms with Gasteiger partial charge in [0.2, 0.25) is 0 Å². The first-order valence-corrected chi connectivity index (χ1v) is 6.13. The highest BCUT2D eigenvalue weighted by Crippen LogP contribution is 2.17. The molecule has 0 saturated heterocycles. The highest BCUT2D eigenvalue weighted by molar-refractivity contribution is 6.18. The molecule has 90 valence electrons. The van der Waals surface area contributed by atoms with E-state index in [0.29, 0.717) is 17.8 Å². The second kappa shape index (κ2) is 6.77. The summed E-state index contributed by atoms with van der Waals surface area (Å²) in [4.78, 5) is 0. The zero-order chi connectivity index (χ0) is 12.0. The van der Waals surface area contributed by atoms with Crippen LogP contribution in [0.15, 0.2) is 24.3 Å². The minimum Gasteiger partial charge on any atom is -0.496 e. The number of benzene rings is 1. The Labute approximate surface area is 103 Å². The maximum atomic E-state index is 5.91. The van der Waals surface area contributed by atoms with Crippen molar-refractivity contribution in [2.24, 2.45) is 5.92 Å². The van der Waals surface area contributed by atoms with Crippen LogP contribution in [0, 0.1) is 5.92 Å². The van der Waals surface area contributed by atoms with Crippen molar-refractivity contribution in [1.29, 1.82) is 0 Å². The van der Waals surface area contributed by atoms with Crippen molar-refractivity contribution in [2.45, 2.75) is 26.4 Å². The molecule has 0 aliphatic heterocycles. The molecule has 0 amide bonds. The second-order valence-electron chi connectivity index (χ2n) is 4.20. The normalized spacial score (nSPS) is 12.8. The fourth-order valence-electron chi connectivity index (χ4n) is 1.56. The van der Waals surface area contributed by atoms with E-state index >= 15 is 0 Å². The summed E-state index contributed by atoms with van der Waals surface area (Å²) in [5.74, 6) is 2.09. The maximum Gasteiger partial charge on any atom is 0.123 e. The van der Waals surface area contributed by atoms with Gasteiger partial charge >= 0.3 is 0 Å². The molecule has 2 nitrogen and oxygen atoms in total. The third kappa shape index (κ3) is 3.69. The third-order valence-electron chi connectivity index (χ3n) is 2.72. The second-order valence-corrected chi connectivity index (χ2v) is 4.51. The van der Waals surface area contributed by atoms with Gasteiger partial charge in [0.1, 0.15) is 5.75 Å². The highest BCUT2D eigenvalue weighted by Gasteiger charge is 2.11. The van der Waals surface area contributed by atoms with Crippen LogP contribution >= 0.6 is 11.6 Å². The van der Waals surface area contributed by atoms with Crippen molar-refractivity contribution in [1.82, 2.24) is 5.32 Å². The van der Waals surface area contributed by atoms with Gasteiger partial charge in [-0.15, -0.1) is 11.6 Å². The summed E-state index contributed by atoms with van der Waals surface area (Å²) in [6, 6.07) is 8.38. The first-order valence-electron chi connectivity index (χ1n) is 5.60. The quantitative estimate of drug-likeness (QED) is 0.773. The summed E-state index contributed by atoms with van der Waals surface area (Å²) in [7, 11) is 1.69. The molecular formula is C13H20ClNO. The number of ether oxygens (including phenoxy) is 1. The predicted molar refractivity (Wildman–Crippen MR) is 69.2 cm³/mol. The lowest BCUT2D eigenvalue weighted by Gasteiger charge is -2.20. The van der Waals surface area contributed by atoms with Crippen LogP contribution < -0.4 is 10.1 Å². The van der Waals surface area contributed by atoms with Crippen LogP contribution in [0.3, 0.4) is 0 Å². The molecule has 3 heteroatoms. The summed E-state index contributed by atoms with van der Waals surface area (Å²) in [6.45, 7) is 5.13. The predicted octanol–water partition coefficient (Wildman–Crippen LogP) is 3.05. The van der Waals surface area contributed by atoms with Crippen molar-refractivity contribution in [3.63, 3.8) is 0 Å². The van der Waals surface area contributed by atoms with Crippen LogP contribution in [0.25, 0.3) is 0 Å². The van der Waals surface area contributed by atoms with Gasteiger partial charge in [0.25, 0.3) is 0 Å². The molecule has 0 aliphatic carbocycles. The average molecular weight is 242 g/mol. The van der Waals surface area contributed by atoms with E-state index in [-0.39, 0.29) is 0 Å². The summed E-state index contributed by atoms with van der Waals surface area (Å²) >= 11 is 5.91. The summed E-state index contributed by atoms with van der Waals surface area (Å²) in [6.07, 6.45) is 0. The van der Waals surface area contributed by atoms with Crippen LogP contribution in [-0.2, 0) is 6.54 Å². The van der Waals surface area contributed by atoms with Gasteiger partial charge in [-0.2, -0.15) is 0 Å². The lowest BCUT2D eigenvalue weighted by atomic mass is 10.1. The summed E-state index contributed by atoms with van der Waals surface area (Å²) < 4.78 is 5.30. The Balaban J connectivity index is 2.59. The number of nitrogens with one attached hydrogen (secondary N) is 1. The van der Waals surface area contributed by atoms with Crippen molar-refractivity contribution in [2.75, 3.05) is 13.0 Å². The van der Waals surface area contributed by atoms with Crippen LogP contribution in [0.1, 0.15) is 19.4 Å². The van der Waals surface area contributed by atoms with E-state index < -0.39 is 0 Å². The van der Waals surface area contributed by atoms with E-state index in [4.69, 9.17) is 16.3 Å². The molecule has 1 rings (SSSR count). The van der Waals surface area contributed by atoms with Crippen molar-refractivity contribution in [3.8, 4) is 5.75 Å². The molecular weight excluding hydrogens is 222 g/mol. The third-order valence-corrected chi connectivity index (χ3v) is 3.05. The minimum absolute atomic E-state index is 0.339. The van der Waals surface area contributed by atoms with E-state index in [1.165, 1.54) is 5.56 Å². The monoisotopic (exact) mass is 241 g/mol. The number of rotatable bonds is 6. The lowest BCUT2D eigenvalue weighted by molar-refractivity contribution is 0.396. The van der Waals surface area contributed by atoms with Gasteiger partial charge in [-0.1, -0.05) is 32.0 Å². The number of hydrogen-bond acceptors (Lipinski definition) is 2. The molecule has 0 saturated carbocycles. The van der Waals surface area contributed by atoms with Gasteiger partial charge in [0.05, 0.1) is 7.11 Å². The van der Waals surface area contributed by atoms with Crippen LogP contribution in [-0.4, -0.2) is 19.0 Å². The standard InChI is InChI=1S/C13H20ClNO/c1-10(2)12(8-14)15-9-11-6-4-5-7-13(11)16-3/h4-7,10,12,15H,8-9H2,1-3H3. The van der Waals surface area contributed by atoms with Crippen molar-refractivity contribution in [3.05, 3.63) is 29.8 Å². The molecule has 0 bridgehead atoms. The van der Waals surface area contributed by atoms with Crippen LogP contribution in [0.2, 0.25) is 0 Å². The van der Waals surface area contributed by atoms with Crippen molar-refractivity contribution < 1.29 is 4.74 Å². The molecule has 1 atom stereocenters. The Bertz CT molecular complexity index is 315. The van der Waals surface area contributed by atoms with E-state index in [9.17, 15) is 0 Å². The van der Waals surface area contributed by atoms with Gasteiger partial charge in [0, 0.05) is 24.0 Å². The molecule has 0 heterocycles. The molecule has 16 heavy (non-hydrogen) atoms. The Hall–Kier alpha value is -0.730. The fourth-order valence-corrected chi connectivity index (χ4v) is 2.02. The fraction of sp³-hybridized carbons (Fsp3) is 0.538. The molecule has 1 aromatic carbocycles. The Morgan fingerprint density at radius 1 is 1.31 bits per heavy atom. The first kappa shape index (κ1) is 13.3. The molecule has 0 radical (unpaired) electrons. The molecule has 0 spiro atoms. The molecule has 0 fully saturated rings. The number of alkyl halides is 1. The number of hydrogen-bond donors (Lipinski definition) is 1. The van der Waals surface area contributed by atoms with Gasteiger partial charge < -0.3 is 10.1 Å². The first-order chi connectivity index (χ1) is 7.69. The SMILES string of the molecule is COc1ccccc1CNC(CCl)C(C)C. The number of methoxy groups -OCH3 is 1. The highest BCUT2D eigenvalue weighted by atomic mass is 35.5. The van der Waals surface area contributed by atoms with Gasteiger partial charge in [-0.25, -0.2) is 0 Å². The molecule has 1 unspecified atom stereocenters. The van der Waals surface area contributed by atoms with Crippen molar-refractivity contribution >= 4 is 11.6 Å². The molecule has 1 aromatic rings. The molecule has 0 aliphatic rings. The van der Waals surface area contributed by atoms with E-state index in [0.717, 1.165) is 12.3 Å². The summed E-state index contributed by atoms with van der Waals surface area (Å²) in [5.41, 5.74) is 1.17. The summed E-state index contributed by atoms with van der Waals surface area (Å²) in [5, 5.41) is 3.45. The van der Waals surface area contributed by atoms with E-state index in [2.05, 4.69) is 25.2 Å². The minimum atomic E-state index is 0.339. The largest absolute Gasteiger partial charge is 0.496 e. The zero-order valence-corrected chi connectivity index (χ0v) is 10.9. The Kier molecular flexibility index (Phi) is 5.64. The van der Waals surface area contributed by atoms with Gasteiger partial charge in [-0.3, -0.25) is 0 Å². The number of halogens is 1. The average Bonchev–Trinajstić information content (AvgIpc) is 2.30. The van der Waals surface area contributed by atoms with E-state index in [1.807, 2.05) is 18.2 Å². The van der Waals surface area contributed by atoms with E-state index in [1.54, 1.807) is 7.11 Å². The molecule has 0 aromatic heterocycles. The number of para-hydroxylation sites is 1. The molecule has 1 N–H and O–H groups in total.